The van der Waals surface area contributed by atoms with Gasteiger partial charge in [0.1, 0.15) is 17.5 Å². The number of guanidine groups is 1. The fourth-order valence-electron chi connectivity index (χ4n) is 2.17. The summed E-state index contributed by atoms with van der Waals surface area (Å²) in [7, 11) is 3.85. The van der Waals surface area contributed by atoms with Gasteiger partial charge in [-0.05, 0) is 42.8 Å². The van der Waals surface area contributed by atoms with Gasteiger partial charge in [-0.1, -0.05) is 0 Å². The van der Waals surface area contributed by atoms with Crippen molar-refractivity contribution in [3.05, 3.63) is 59.3 Å². The highest BCUT2D eigenvalue weighted by Gasteiger charge is 2.05. The van der Waals surface area contributed by atoms with E-state index in [0.29, 0.717) is 19.0 Å². The maximum absolute atomic E-state index is 13.7. The SMILES string of the molecule is CCNC(=NCc1ccnc(N(C)C)c1)NCc1cc(F)ccc1F. The molecule has 2 rings (SSSR count). The third kappa shape index (κ3) is 5.70. The van der Waals surface area contributed by atoms with Gasteiger partial charge in [0.25, 0.3) is 0 Å². The van der Waals surface area contributed by atoms with Crippen LogP contribution < -0.4 is 15.5 Å². The quantitative estimate of drug-likeness (QED) is 0.623. The lowest BCUT2D eigenvalue weighted by Crippen LogP contribution is -2.37. The molecule has 1 heterocycles. The van der Waals surface area contributed by atoms with Crippen LogP contribution in [0.5, 0.6) is 0 Å². The summed E-state index contributed by atoms with van der Waals surface area (Å²) >= 11 is 0. The maximum atomic E-state index is 13.7. The summed E-state index contributed by atoms with van der Waals surface area (Å²) in [6, 6.07) is 7.25. The Kier molecular flexibility index (Phi) is 6.68. The van der Waals surface area contributed by atoms with Crippen LogP contribution in [-0.4, -0.2) is 31.6 Å². The van der Waals surface area contributed by atoms with Crippen LogP contribution in [-0.2, 0) is 13.1 Å². The monoisotopic (exact) mass is 347 g/mol. The summed E-state index contributed by atoms with van der Waals surface area (Å²) < 4.78 is 26.9. The van der Waals surface area contributed by atoms with E-state index < -0.39 is 11.6 Å². The number of aliphatic imine (C=N–C) groups is 1. The van der Waals surface area contributed by atoms with Crippen molar-refractivity contribution in [2.45, 2.75) is 20.0 Å². The number of halogens is 2. The summed E-state index contributed by atoms with van der Waals surface area (Å²) in [6.45, 7) is 3.20. The molecule has 25 heavy (non-hydrogen) atoms. The minimum absolute atomic E-state index is 0.148. The summed E-state index contributed by atoms with van der Waals surface area (Å²) in [5.74, 6) is 0.476. The van der Waals surface area contributed by atoms with Crippen molar-refractivity contribution in [1.29, 1.82) is 0 Å². The van der Waals surface area contributed by atoms with Gasteiger partial charge in [-0.3, -0.25) is 0 Å². The Labute approximate surface area is 146 Å². The van der Waals surface area contributed by atoms with Crippen LogP contribution in [0.3, 0.4) is 0 Å². The van der Waals surface area contributed by atoms with E-state index in [-0.39, 0.29) is 12.1 Å². The van der Waals surface area contributed by atoms with Gasteiger partial charge in [0.05, 0.1) is 6.54 Å². The first-order chi connectivity index (χ1) is 12.0. The molecule has 0 aliphatic heterocycles. The van der Waals surface area contributed by atoms with Gasteiger partial charge >= 0.3 is 0 Å². The van der Waals surface area contributed by atoms with E-state index in [1.165, 1.54) is 6.07 Å². The Morgan fingerprint density at radius 3 is 2.68 bits per heavy atom. The van der Waals surface area contributed by atoms with E-state index >= 15 is 0 Å². The normalized spacial score (nSPS) is 11.3. The van der Waals surface area contributed by atoms with E-state index in [4.69, 9.17) is 0 Å². The lowest BCUT2D eigenvalue weighted by atomic mass is 10.2. The molecule has 0 radical (unpaired) electrons. The molecular formula is C18H23F2N5. The van der Waals surface area contributed by atoms with Crippen LogP contribution in [0.2, 0.25) is 0 Å². The fraction of sp³-hybridized carbons (Fsp3) is 0.333. The molecule has 1 aromatic carbocycles. The molecule has 134 valence electrons. The van der Waals surface area contributed by atoms with Gasteiger partial charge in [0.2, 0.25) is 0 Å². The zero-order valence-electron chi connectivity index (χ0n) is 14.7. The molecule has 0 unspecified atom stereocenters. The van der Waals surface area contributed by atoms with Crippen molar-refractivity contribution in [1.82, 2.24) is 15.6 Å². The van der Waals surface area contributed by atoms with Gasteiger partial charge in [0, 0.05) is 38.9 Å². The largest absolute Gasteiger partial charge is 0.363 e. The zero-order valence-corrected chi connectivity index (χ0v) is 14.7. The van der Waals surface area contributed by atoms with Crippen molar-refractivity contribution in [2.75, 3.05) is 25.5 Å². The zero-order chi connectivity index (χ0) is 18.2. The van der Waals surface area contributed by atoms with Gasteiger partial charge in [-0.15, -0.1) is 0 Å². The average Bonchev–Trinajstić information content (AvgIpc) is 2.60. The van der Waals surface area contributed by atoms with E-state index in [9.17, 15) is 8.78 Å². The second-order valence-corrected chi connectivity index (χ2v) is 5.70. The van der Waals surface area contributed by atoms with E-state index in [1.807, 2.05) is 38.1 Å². The summed E-state index contributed by atoms with van der Waals surface area (Å²) in [6.07, 6.45) is 1.74. The van der Waals surface area contributed by atoms with Crippen LogP contribution >= 0.6 is 0 Å². The molecule has 0 fully saturated rings. The van der Waals surface area contributed by atoms with E-state index in [2.05, 4.69) is 20.6 Å². The molecule has 1 aromatic heterocycles. The number of pyridine rings is 1. The highest BCUT2D eigenvalue weighted by Crippen LogP contribution is 2.11. The van der Waals surface area contributed by atoms with Crippen LogP contribution in [0.25, 0.3) is 0 Å². The van der Waals surface area contributed by atoms with Gasteiger partial charge in [0.15, 0.2) is 5.96 Å². The number of nitrogens with one attached hydrogen (secondary N) is 2. The van der Waals surface area contributed by atoms with Crippen molar-refractivity contribution < 1.29 is 8.78 Å². The molecular weight excluding hydrogens is 324 g/mol. The van der Waals surface area contributed by atoms with Crippen molar-refractivity contribution in [3.63, 3.8) is 0 Å². The van der Waals surface area contributed by atoms with Gasteiger partial charge in [-0.25, -0.2) is 18.8 Å². The topological polar surface area (TPSA) is 52.6 Å². The molecule has 0 spiro atoms. The second kappa shape index (κ2) is 8.96. The first-order valence-electron chi connectivity index (χ1n) is 8.08. The molecule has 0 aliphatic carbocycles. The third-order valence-electron chi connectivity index (χ3n) is 3.49. The molecule has 0 amide bonds. The Morgan fingerprint density at radius 2 is 1.96 bits per heavy atom. The molecule has 2 N–H and O–H groups in total. The number of aromatic nitrogens is 1. The predicted octanol–water partition coefficient (Wildman–Crippen LogP) is 2.68. The number of nitrogens with zero attached hydrogens (tertiary/aromatic N) is 3. The van der Waals surface area contributed by atoms with Crippen LogP contribution in [0.1, 0.15) is 18.1 Å². The summed E-state index contributed by atoms with van der Waals surface area (Å²) in [5, 5.41) is 6.11. The van der Waals surface area contributed by atoms with Crippen LogP contribution in [0.15, 0.2) is 41.5 Å². The van der Waals surface area contributed by atoms with Crippen LogP contribution in [0.4, 0.5) is 14.6 Å². The average molecular weight is 347 g/mol. The summed E-state index contributed by atoms with van der Waals surface area (Å²) in [4.78, 5) is 10.7. The molecule has 7 heteroatoms. The van der Waals surface area contributed by atoms with Crippen molar-refractivity contribution >= 4 is 11.8 Å². The van der Waals surface area contributed by atoms with Crippen molar-refractivity contribution in [2.24, 2.45) is 4.99 Å². The third-order valence-corrected chi connectivity index (χ3v) is 3.49. The van der Waals surface area contributed by atoms with E-state index in [0.717, 1.165) is 23.5 Å². The van der Waals surface area contributed by atoms with Crippen molar-refractivity contribution in [3.8, 4) is 0 Å². The minimum Gasteiger partial charge on any atom is -0.363 e. The highest BCUT2D eigenvalue weighted by molar-refractivity contribution is 5.79. The number of rotatable bonds is 6. The first kappa shape index (κ1) is 18.6. The van der Waals surface area contributed by atoms with Gasteiger partial charge in [-0.2, -0.15) is 0 Å². The molecule has 0 bridgehead atoms. The van der Waals surface area contributed by atoms with Crippen LogP contribution in [0, 0.1) is 11.6 Å². The minimum atomic E-state index is -0.465. The number of anilines is 1. The Balaban J connectivity index is 2.05. The molecule has 0 saturated carbocycles. The maximum Gasteiger partial charge on any atom is 0.191 e. The standard InChI is InChI=1S/C18H23F2N5/c1-4-21-18(24-12-14-10-15(19)5-6-16(14)20)23-11-13-7-8-22-17(9-13)25(2)3/h5-10H,4,11-12H2,1-3H3,(H2,21,23,24). The summed E-state index contributed by atoms with van der Waals surface area (Å²) in [5.41, 5.74) is 1.26. The number of hydrogen-bond donors (Lipinski definition) is 2. The molecule has 5 nitrogen and oxygen atoms in total. The lowest BCUT2D eigenvalue weighted by molar-refractivity contribution is 0.581. The Hall–Kier alpha value is -2.70. The fourth-order valence-corrected chi connectivity index (χ4v) is 2.17. The first-order valence-corrected chi connectivity index (χ1v) is 8.08. The smallest absolute Gasteiger partial charge is 0.191 e. The van der Waals surface area contributed by atoms with Gasteiger partial charge < -0.3 is 15.5 Å². The number of hydrogen-bond acceptors (Lipinski definition) is 3. The second-order valence-electron chi connectivity index (χ2n) is 5.70. The highest BCUT2D eigenvalue weighted by atomic mass is 19.1. The molecule has 0 saturated heterocycles. The number of benzene rings is 1. The molecule has 2 aromatic rings. The lowest BCUT2D eigenvalue weighted by Gasteiger charge is -2.13. The Morgan fingerprint density at radius 1 is 1.16 bits per heavy atom. The molecule has 0 aliphatic rings. The Bertz CT molecular complexity index is 731. The predicted molar refractivity (Wildman–Crippen MR) is 96.6 cm³/mol. The van der Waals surface area contributed by atoms with E-state index in [1.54, 1.807) is 6.20 Å². The molecule has 0 atom stereocenters.